The van der Waals surface area contributed by atoms with Crippen LogP contribution in [0.15, 0.2) is 53.7 Å². The van der Waals surface area contributed by atoms with Gasteiger partial charge in [0.05, 0.1) is 18.7 Å². The van der Waals surface area contributed by atoms with E-state index in [2.05, 4.69) is 40.5 Å². The van der Waals surface area contributed by atoms with Crippen LogP contribution in [0.3, 0.4) is 0 Å². The highest BCUT2D eigenvalue weighted by atomic mass is 32.2. The Labute approximate surface area is 179 Å². The van der Waals surface area contributed by atoms with E-state index >= 15 is 0 Å². The molecule has 3 aromatic rings. The first-order valence-electron chi connectivity index (χ1n) is 10.0. The van der Waals surface area contributed by atoms with Crippen LogP contribution < -0.4 is 0 Å². The highest BCUT2D eigenvalue weighted by Gasteiger charge is 2.24. The summed E-state index contributed by atoms with van der Waals surface area (Å²) in [5.74, 6) is 0.376. The summed E-state index contributed by atoms with van der Waals surface area (Å²) in [7, 11) is 0. The maximum absolute atomic E-state index is 13.4. The maximum Gasteiger partial charge on any atom is 0.192 e. The van der Waals surface area contributed by atoms with E-state index in [4.69, 9.17) is 4.74 Å². The van der Waals surface area contributed by atoms with Crippen molar-refractivity contribution in [2.45, 2.75) is 49.2 Å². The smallest absolute Gasteiger partial charge is 0.192 e. The lowest BCUT2D eigenvalue weighted by molar-refractivity contribution is 0.0953. The topological polar surface area (TPSA) is 63.7 Å². The average molecular weight is 423 g/mol. The van der Waals surface area contributed by atoms with Gasteiger partial charge >= 0.3 is 0 Å². The van der Waals surface area contributed by atoms with E-state index in [0.29, 0.717) is 23.9 Å². The fourth-order valence-electron chi connectivity index (χ4n) is 3.52. The molecule has 5 nitrogen and oxygen atoms in total. The van der Waals surface area contributed by atoms with Crippen LogP contribution in [-0.2, 0) is 17.7 Å². The molecule has 0 saturated carbocycles. The quantitative estimate of drug-likeness (QED) is 0.512. The van der Waals surface area contributed by atoms with Gasteiger partial charge < -0.3 is 4.74 Å². The molecule has 7 heteroatoms. The third kappa shape index (κ3) is 4.89. The van der Waals surface area contributed by atoms with Crippen molar-refractivity contribution in [1.29, 1.82) is 5.26 Å². The summed E-state index contributed by atoms with van der Waals surface area (Å²) in [5.41, 5.74) is 3.10. The second kappa shape index (κ2) is 9.41. The van der Waals surface area contributed by atoms with Gasteiger partial charge in [-0.15, -0.1) is 10.2 Å². The number of rotatable bonds is 7. The molecular weight excluding hydrogens is 399 g/mol. The predicted molar refractivity (Wildman–Crippen MR) is 115 cm³/mol. The molecule has 2 aromatic carbocycles. The number of benzene rings is 2. The van der Waals surface area contributed by atoms with Crippen molar-refractivity contribution in [1.82, 2.24) is 14.8 Å². The molecule has 1 aliphatic rings. The van der Waals surface area contributed by atoms with Gasteiger partial charge in [-0.3, -0.25) is 4.57 Å². The van der Waals surface area contributed by atoms with Crippen molar-refractivity contribution in [3.05, 3.63) is 65.5 Å². The molecule has 0 radical (unpaired) electrons. The largest absolute Gasteiger partial charge is 0.376 e. The zero-order chi connectivity index (χ0) is 20.9. The number of ether oxygens (including phenoxy) is 1. The molecule has 1 aromatic heterocycles. The van der Waals surface area contributed by atoms with Gasteiger partial charge in [0.15, 0.2) is 11.0 Å². The highest BCUT2D eigenvalue weighted by molar-refractivity contribution is 8.00. The second-order valence-corrected chi connectivity index (χ2v) is 8.65. The molecular formula is C23H23FN4OS. The molecule has 2 atom stereocenters. The molecule has 0 N–H and O–H groups in total. The number of hydrogen-bond donors (Lipinski definition) is 0. The Hall–Kier alpha value is -2.69. The summed E-state index contributed by atoms with van der Waals surface area (Å²) in [4.78, 5) is 0. The third-order valence-electron chi connectivity index (χ3n) is 5.16. The monoisotopic (exact) mass is 422 g/mol. The Bertz CT molecular complexity index is 1020. The fraction of sp³-hybridized carbons (Fsp3) is 0.348. The van der Waals surface area contributed by atoms with Crippen molar-refractivity contribution >= 4 is 11.8 Å². The number of nitrogens with zero attached hydrogens (tertiary/aromatic N) is 4. The Morgan fingerprint density at radius 2 is 1.97 bits per heavy atom. The van der Waals surface area contributed by atoms with Gasteiger partial charge in [0.1, 0.15) is 11.1 Å². The SMILES string of the molecule is Cc1ccc(C[C@@H](C#N)Sc2nnc(-c3ccc(F)cc3)n2C[C@@H]2CCCO2)cc1. The summed E-state index contributed by atoms with van der Waals surface area (Å²) < 4.78 is 21.2. The highest BCUT2D eigenvalue weighted by Crippen LogP contribution is 2.30. The lowest BCUT2D eigenvalue weighted by Gasteiger charge is -2.16. The summed E-state index contributed by atoms with van der Waals surface area (Å²) in [5, 5.41) is 18.9. The molecule has 154 valence electrons. The molecule has 1 fully saturated rings. The second-order valence-electron chi connectivity index (χ2n) is 7.48. The number of nitriles is 1. The van der Waals surface area contributed by atoms with Crippen molar-refractivity contribution in [3.63, 3.8) is 0 Å². The van der Waals surface area contributed by atoms with Gasteiger partial charge in [0.25, 0.3) is 0 Å². The van der Waals surface area contributed by atoms with E-state index in [9.17, 15) is 9.65 Å². The molecule has 1 aliphatic heterocycles. The molecule has 30 heavy (non-hydrogen) atoms. The van der Waals surface area contributed by atoms with Crippen LogP contribution in [0.1, 0.15) is 24.0 Å². The van der Waals surface area contributed by atoms with Crippen molar-refractivity contribution in [3.8, 4) is 17.5 Å². The van der Waals surface area contributed by atoms with Crippen LogP contribution in [0.25, 0.3) is 11.4 Å². The third-order valence-corrected chi connectivity index (χ3v) is 6.23. The van der Waals surface area contributed by atoms with Crippen molar-refractivity contribution < 1.29 is 9.13 Å². The van der Waals surface area contributed by atoms with Gasteiger partial charge in [-0.05, 0) is 56.0 Å². The maximum atomic E-state index is 13.4. The van der Waals surface area contributed by atoms with Crippen LogP contribution in [0.2, 0.25) is 0 Å². The average Bonchev–Trinajstić information content (AvgIpc) is 3.41. The van der Waals surface area contributed by atoms with Crippen LogP contribution in [0.5, 0.6) is 0 Å². The first-order valence-corrected chi connectivity index (χ1v) is 10.9. The Morgan fingerprint density at radius 1 is 1.20 bits per heavy atom. The molecule has 0 bridgehead atoms. The van der Waals surface area contributed by atoms with Gasteiger partial charge in [0.2, 0.25) is 0 Å². The Kier molecular flexibility index (Phi) is 6.46. The van der Waals surface area contributed by atoms with Crippen molar-refractivity contribution in [2.75, 3.05) is 6.61 Å². The summed E-state index contributed by atoms with van der Waals surface area (Å²) in [6.45, 7) is 3.42. The summed E-state index contributed by atoms with van der Waals surface area (Å²) in [6, 6.07) is 16.9. The van der Waals surface area contributed by atoms with Crippen LogP contribution >= 0.6 is 11.8 Å². The normalized spacial score (nSPS) is 17.0. The minimum Gasteiger partial charge on any atom is -0.376 e. The number of hydrogen-bond acceptors (Lipinski definition) is 5. The minimum atomic E-state index is -0.291. The molecule has 0 amide bonds. The van der Waals surface area contributed by atoms with Gasteiger partial charge in [-0.25, -0.2) is 4.39 Å². The van der Waals surface area contributed by atoms with Crippen LogP contribution in [0, 0.1) is 24.1 Å². The van der Waals surface area contributed by atoms with Gasteiger partial charge in [-0.2, -0.15) is 5.26 Å². The van der Waals surface area contributed by atoms with Gasteiger partial charge in [-0.1, -0.05) is 41.6 Å². The predicted octanol–water partition coefficient (Wildman–Crippen LogP) is 4.80. The van der Waals surface area contributed by atoms with E-state index < -0.39 is 0 Å². The standard InChI is InChI=1S/C23H23FN4OS/c1-16-4-6-17(7-5-16)13-21(14-25)30-23-27-26-22(18-8-10-19(24)11-9-18)28(23)15-20-3-2-12-29-20/h4-11,20-21H,2-3,12-13,15H2,1H3/t20-,21-/m0/s1. The van der Waals surface area contributed by atoms with E-state index in [1.807, 2.05) is 11.5 Å². The molecule has 1 saturated heterocycles. The molecule has 0 spiro atoms. The van der Waals surface area contributed by atoms with Gasteiger partial charge in [0, 0.05) is 12.2 Å². The van der Waals surface area contributed by atoms with Crippen LogP contribution in [-0.4, -0.2) is 32.7 Å². The van der Waals surface area contributed by atoms with E-state index in [0.717, 1.165) is 30.6 Å². The van der Waals surface area contributed by atoms with E-state index in [1.165, 1.54) is 29.5 Å². The number of halogens is 1. The van der Waals surface area contributed by atoms with E-state index in [1.54, 1.807) is 12.1 Å². The fourth-order valence-corrected chi connectivity index (χ4v) is 4.48. The molecule has 4 rings (SSSR count). The molecule has 2 heterocycles. The summed E-state index contributed by atoms with van der Waals surface area (Å²) in [6.07, 6.45) is 2.74. The number of thioether (sulfide) groups is 1. The zero-order valence-electron chi connectivity index (χ0n) is 16.8. The number of aromatic nitrogens is 3. The minimum absolute atomic E-state index is 0.0946. The first-order chi connectivity index (χ1) is 14.6. The number of aryl methyl sites for hydroxylation is 1. The van der Waals surface area contributed by atoms with Crippen LogP contribution in [0.4, 0.5) is 4.39 Å². The lowest BCUT2D eigenvalue weighted by atomic mass is 10.1. The van der Waals surface area contributed by atoms with Crippen molar-refractivity contribution in [2.24, 2.45) is 0 Å². The molecule has 0 unspecified atom stereocenters. The molecule has 0 aliphatic carbocycles. The lowest BCUT2D eigenvalue weighted by Crippen LogP contribution is -2.17. The first kappa shape index (κ1) is 20.6. The zero-order valence-corrected chi connectivity index (χ0v) is 17.6. The Balaban J connectivity index is 1.60. The summed E-state index contributed by atoms with van der Waals surface area (Å²) >= 11 is 1.41. The van der Waals surface area contributed by atoms with E-state index in [-0.39, 0.29) is 17.2 Å². The Morgan fingerprint density at radius 3 is 2.63 bits per heavy atom.